The van der Waals surface area contributed by atoms with Crippen LogP contribution in [0.15, 0.2) is 35.2 Å². The lowest BCUT2D eigenvalue weighted by Gasteiger charge is -2.26. The topological polar surface area (TPSA) is 37.4 Å². The molecule has 0 radical (unpaired) electrons. The van der Waals surface area contributed by atoms with Crippen LogP contribution >= 0.6 is 0 Å². The van der Waals surface area contributed by atoms with Gasteiger partial charge in [-0.2, -0.15) is 4.31 Å². The molecule has 0 N–H and O–H groups in total. The van der Waals surface area contributed by atoms with Gasteiger partial charge in [0.15, 0.2) is 0 Å². The fourth-order valence-electron chi connectivity index (χ4n) is 2.33. The first-order valence-corrected chi connectivity index (χ1v) is 7.63. The molecule has 1 aromatic carbocycles. The monoisotopic (exact) mass is 253 g/mol. The van der Waals surface area contributed by atoms with Gasteiger partial charge in [-0.1, -0.05) is 31.0 Å². The van der Waals surface area contributed by atoms with Gasteiger partial charge in [0.25, 0.3) is 0 Å². The number of hydrogen-bond donors (Lipinski definition) is 0. The molecule has 3 nitrogen and oxygen atoms in total. The van der Waals surface area contributed by atoms with Crippen molar-refractivity contribution in [1.29, 1.82) is 0 Å². The molecule has 4 heteroatoms. The second kappa shape index (κ2) is 5.19. The molecule has 17 heavy (non-hydrogen) atoms. The zero-order valence-electron chi connectivity index (χ0n) is 10.2. The van der Waals surface area contributed by atoms with Crippen LogP contribution < -0.4 is 0 Å². The predicted octanol–water partition coefficient (Wildman–Crippen LogP) is 2.64. The van der Waals surface area contributed by atoms with Crippen LogP contribution in [-0.2, 0) is 10.0 Å². The molecule has 0 aliphatic carbocycles. The maximum atomic E-state index is 12.5. The van der Waals surface area contributed by atoms with Gasteiger partial charge in [-0.05, 0) is 31.9 Å². The predicted molar refractivity (Wildman–Crippen MR) is 68.3 cm³/mol. The zero-order chi connectivity index (χ0) is 12.3. The van der Waals surface area contributed by atoms with Crippen LogP contribution in [0.2, 0.25) is 0 Å². The lowest BCUT2D eigenvalue weighted by molar-refractivity contribution is 0.342. The van der Waals surface area contributed by atoms with Gasteiger partial charge in [0.05, 0.1) is 4.90 Å². The lowest BCUT2D eigenvalue weighted by atomic mass is 10.1. The minimum absolute atomic E-state index is 0.114. The molecule has 1 unspecified atom stereocenters. The van der Waals surface area contributed by atoms with Gasteiger partial charge in [-0.15, -0.1) is 0 Å². The quantitative estimate of drug-likeness (QED) is 0.812. The summed E-state index contributed by atoms with van der Waals surface area (Å²) in [4.78, 5) is 0.411. The van der Waals surface area contributed by atoms with Crippen LogP contribution in [0, 0.1) is 0 Å². The van der Waals surface area contributed by atoms with Crippen LogP contribution in [0.4, 0.5) is 0 Å². The Balaban J connectivity index is 2.31. The molecular weight excluding hydrogens is 234 g/mol. The van der Waals surface area contributed by atoms with Crippen LogP contribution in [0.1, 0.15) is 32.6 Å². The molecule has 2 rings (SSSR count). The van der Waals surface area contributed by atoms with Crippen LogP contribution in [0.5, 0.6) is 0 Å². The molecular formula is C13H19NO2S. The molecule has 0 amide bonds. The molecule has 1 aliphatic heterocycles. The Morgan fingerprint density at radius 2 is 1.82 bits per heavy atom. The van der Waals surface area contributed by atoms with Crippen molar-refractivity contribution in [2.75, 3.05) is 6.54 Å². The van der Waals surface area contributed by atoms with E-state index in [1.54, 1.807) is 28.6 Å². The molecule has 94 valence electrons. The second-order valence-corrected chi connectivity index (χ2v) is 6.52. The van der Waals surface area contributed by atoms with Gasteiger partial charge in [-0.25, -0.2) is 8.42 Å². The Hall–Kier alpha value is -0.870. The van der Waals surface area contributed by atoms with E-state index >= 15 is 0 Å². The normalized spacial score (nSPS) is 23.2. The van der Waals surface area contributed by atoms with Crippen LogP contribution in [0.25, 0.3) is 0 Å². The Morgan fingerprint density at radius 1 is 1.12 bits per heavy atom. The summed E-state index contributed by atoms with van der Waals surface area (Å²) in [7, 11) is -3.30. The first kappa shape index (κ1) is 12.6. The molecule has 1 aromatic rings. The molecule has 1 saturated heterocycles. The smallest absolute Gasteiger partial charge is 0.207 e. The highest BCUT2D eigenvalue weighted by atomic mass is 32.2. The highest BCUT2D eigenvalue weighted by Crippen LogP contribution is 2.24. The van der Waals surface area contributed by atoms with Crippen LogP contribution in [0.3, 0.4) is 0 Å². The second-order valence-electron chi connectivity index (χ2n) is 4.63. The average molecular weight is 253 g/mol. The van der Waals surface area contributed by atoms with Crippen molar-refractivity contribution in [3.63, 3.8) is 0 Å². The van der Waals surface area contributed by atoms with Gasteiger partial charge in [-0.3, -0.25) is 0 Å². The summed E-state index contributed by atoms with van der Waals surface area (Å²) in [6.45, 7) is 2.66. The van der Waals surface area contributed by atoms with Gasteiger partial charge in [0.1, 0.15) is 0 Å². The maximum Gasteiger partial charge on any atom is 0.243 e. The molecule has 1 atom stereocenters. The summed E-state index contributed by atoms with van der Waals surface area (Å²) in [5, 5.41) is 0. The standard InChI is InChI=1S/C13H19NO2S/c1-12-8-4-3-7-11-14(12)17(15,16)13-9-5-2-6-10-13/h2,5-6,9-10,12H,3-4,7-8,11H2,1H3. The third-order valence-electron chi connectivity index (χ3n) is 3.34. The van der Waals surface area contributed by atoms with E-state index in [2.05, 4.69) is 0 Å². The minimum Gasteiger partial charge on any atom is -0.207 e. The van der Waals surface area contributed by atoms with Crippen molar-refractivity contribution >= 4 is 10.0 Å². The van der Waals surface area contributed by atoms with Crippen molar-refractivity contribution in [1.82, 2.24) is 4.31 Å². The Kier molecular flexibility index (Phi) is 3.84. The van der Waals surface area contributed by atoms with Gasteiger partial charge < -0.3 is 0 Å². The molecule has 0 bridgehead atoms. The summed E-state index contributed by atoms with van der Waals surface area (Å²) in [5.41, 5.74) is 0. The molecule has 1 aliphatic rings. The number of nitrogens with zero attached hydrogens (tertiary/aromatic N) is 1. The van der Waals surface area contributed by atoms with E-state index in [0.717, 1.165) is 25.7 Å². The van der Waals surface area contributed by atoms with E-state index in [4.69, 9.17) is 0 Å². The van der Waals surface area contributed by atoms with Gasteiger partial charge in [0.2, 0.25) is 10.0 Å². The van der Waals surface area contributed by atoms with E-state index in [1.807, 2.05) is 13.0 Å². The molecule has 0 saturated carbocycles. The third kappa shape index (κ3) is 2.69. The Bertz CT molecular complexity index is 456. The van der Waals surface area contributed by atoms with Crippen molar-refractivity contribution in [2.45, 2.75) is 43.5 Å². The fourth-order valence-corrected chi connectivity index (χ4v) is 4.05. The maximum absolute atomic E-state index is 12.5. The minimum atomic E-state index is -3.30. The van der Waals surface area contributed by atoms with E-state index in [0.29, 0.717) is 11.4 Å². The van der Waals surface area contributed by atoms with Crippen LogP contribution in [-0.4, -0.2) is 25.3 Å². The Labute approximate surface area is 104 Å². The average Bonchev–Trinajstić information content (AvgIpc) is 2.55. The van der Waals surface area contributed by atoms with E-state index in [9.17, 15) is 8.42 Å². The number of benzene rings is 1. The summed E-state index contributed by atoms with van der Waals surface area (Å²) >= 11 is 0. The van der Waals surface area contributed by atoms with Crippen molar-refractivity contribution in [3.05, 3.63) is 30.3 Å². The summed E-state index contributed by atoms with van der Waals surface area (Å²) in [5.74, 6) is 0. The lowest BCUT2D eigenvalue weighted by Crippen LogP contribution is -2.38. The molecule has 1 heterocycles. The zero-order valence-corrected chi connectivity index (χ0v) is 11.0. The SMILES string of the molecule is CC1CCCCCN1S(=O)(=O)c1ccccc1. The third-order valence-corrected chi connectivity index (χ3v) is 5.37. The highest BCUT2D eigenvalue weighted by molar-refractivity contribution is 7.89. The first-order chi connectivity index (χ1) is 8.12. The van der Waals surface area contributed by atoms with Gasteiger partial charge >= 0.3 is 0 Å². The van der Waals surface area contributed by atoms with Crippen molar-refractivity contribution in [3.8, 4) is 0 Å². The van der Waals surface area contributed by atoms with Crippen molar-refractivity contribution in [2.24, 2.45) is 0 Å². The summed E-state index contributed by atoms with van der Waals surface area (Å²) in [6.07, 6.45) is 4.19. The molecule has 0 aromatic heterocycles. The van der Waals surface area contributed by atoms with E-state index in [1.165, 1.54) is 0 Å². The fraction of sp³-hybridized carbons (Fsp3) is 0.538. The van der Waals surface area contributed by atoms with E-state index in [-0.39, 0.29) is 6.04 Å². The Morgan fingerprint density at radius 3 is 2.53 bits per heavy atom. The van der Waals surface area contributed by atoms with E-state index < -0.39 is 10.0 Å². The van der Waals surface area contributed by atoms with Crippen molar-refractivity contribution < 1.29 is 8.42 Å². The first-order valence-electron chi connectivity index (χ1n) is 6.19. The molecule has 1 fully saturated rings. The number of rotatable bonds is 2. The van der Waals surface area contributed by atoms with Gasteiger partial charge in [0, 0.05) is 12.6 Å². The summed E-state index contributed by atoms with van der Waals surface area (Å²) < 4.78 is 26.6. The highest BCUT2D eigenvalue weighted by Gasteiger charge is 2.29. The number of hydrogen-bond acceptors (Lipinski definition) is 2. The molecule has 0 spiro atoms. The number of sulfonamides is 1. The largest absolute Gasteiger partial charge is 0.243 e. The summed E-state index contributed by atoms with van der Waals surface area (Å²) in [6, 6.07) is 8.85.